The van der Waals surface area contributed by atoms with E-state index in [1.165, 1.54) is 0 Å². The molecular weight excluding hydrogens is 204 g/mol. The number of aromatic nitrogens is 3. The van der Waals surface area contributed by atoms with Gasteiger partial charge in [-0.3, -0.25) is 5.10 Å². The average Bonchev–Trinajstić information content (AvgIpc) is 2.84. The number of anilines is 1. The molecule has 0 saturated carbocycles. The fraction of sp³-hybridized carbons (Fsp3) is 0. The quantitative estimate of drug-likeness (QED) is 0.498. The monoisotopic (exact) mass is 214 g/mol. The highest BCUT2D eigenvalue weighted by molar-refractivity contribution is 5.90. The van der Waals surface area contributed by atoms with Crippen molar-refractivity contribution in [2.75, 3.05) is 5.73 Å². The van der Waals surface area contributed by atoms with Crippen LogP contribution < -0.4 is 5.73 Å². The van der Waals surface area contributed by atoms with E-state index >= 15 is 0 Å². The van der Waals surface area contributed by atoms with Crippen LogP contribution >= 0.6 is 0 Å². The van der Waals surface area contributed by atoms with Gasteiger partial charge < -0.3 is 15.8 Å². The first-order chi connectivity index (χ1) is 7.75. The molecule has 80 valence electrons. The summed E-state index contributed by atoms with van der Waals surface area (Å²) in [6.45, 7) is 0. The van der Waals surface area contributed by atoms with Crippen LogP contribution in [-0.4, -0.2) is 20.3 Å². The maximum atomic E-state index is 9.66. The van der Waals surface area contributed by atoms with Crippen LogP contribution in [0.2, 0.25) is 0 Å². The number of rotatable bonds is 1. The highest BCUT2D eigenvalue weighted by Gasteiger charge is 2.09. The normalized spacial score (nSPS) is 11.0. The van der Waals surface area contributed by atoms with Crippen LogP contribution in [0.4, 0.5) is 5.69 Å². The van der Waals surface area contributed by atoms with Crippen LogP contribution in [0.1, 0.15) is 0 Å². The molecule has 0 amide bonds. The number of aromatic amines is 2. The summed E-state index contributed by atoms with van der Waals surface area (Å²) in [5.74, 6) is 0.224. The summed E-state index contributed by atoms with van der Waals surface area (Å²) in [4.78, 5) is 3.11. The summed E-state index contributed by atoms with van der Waals surface area (Å²) < 4.78 is 0. The Morgan fingerprint density at radius 3 is 2.88 bits per heavy atom. The van der Waals surface area contributed by atoms with E-state index in [-0.39, 0.29) is 5.75 Å². The fourth-order valence-corrected chi connectivity index (χ4v) is 1.79. The first-order valence-electron chi connectivity index (χ1n) is 4.85. The number of para-hydroxylation sites is 1. The Morgan fingerprint density at radius 2 is 2.19 bits per heavy atom. The Balaban J connectivity index is 2.27. The Morgan fingerprint density at radius 1 is 1.31 bits per heavy atom. The molecule has 0 fully saturated rings. The van der Waals surface area contributed by atoms with Gasteiger partial charge in [0, 0.05) is 5.39 Å². The van der Waals surface area contributed by atoms with Crippen molar-refractivity contribution >= 4 is 16.6 Å². The Labute approximate surface area is 90.9 Å². The second-order valence-corrected chi connectivity index (χ2v) is 3.62. The molecule has 0 saturated heterocycles. The number of aromatic hydroxyl groups is 1. The first-order valence-corrected chi connectivity index (χ1v) is 4.85. The number of phenolic OH excluding ortho intramolecular Hbond substituents is 1. The molecule has 3 rings (SSSR count). The molecule has 0 unspecified atom stereocenters. The molecule has 5 heteroatoms. The lowest BCUT2D eigenvalue weighted by atomic mass is 10.2. The van der Waals surface area contributed by atoms with Crippen LogP contribution in [0.3, 0.4) is 0 Å². The van der Waals surface area contributed by atoms with Gasteiger partial charge in [-0.15, -0.1) is 0 Å². The third-order valence-electron chi connectivity index (χ3n) is 2.57. The first kappa shape index (κ1) is 8.84. The molecule has 0 aliphatic carbocycles. The molecule has 0 radical (unpaired) electrons. The van der Waals surface area contributed by atoms with Gasteiger partial charge in [-0.05, 0) is 12.1 Å². The summed E-state index contributed by atoms with van der Waals surface area (Å²) in [5, 5.41) is 17.3. The number of nitrogens with one attached hydrogen (secondary N) is 2. The number of nitrogen functional groups attached to an aromatic ring is 1. The van der Waals surface area contributed by atoms with Crippen LogP contribution in [0, 0.1) is 0 Å². The Bertz CT molecular complexity index is 653. The van der Waals surface area contributed by atoms with Gasteiger partial charge in [0.25, 0.3) is 0 Å². The molecule has 5 N–H and O–H groups in total. The van der Waals surface area contributed by atoms with Crippen molar-refractivity contribution in [2.45, 2.75) is 0 Å². The molecule has 5 nitrogen and oxygen atoms in total. The number of fused-ring (bicyclic) bond motifs is 1. The molecule has 1 aromatic carbocycles. The summed E-state index contributed by atoms with van der Waals surface area (Å²) in [6.07, 6.45) is 1.56. The molecule has 2 heterocycles. The second kappa shape index (κ2) is 3.03. The number of benzene rings is 1. The predicted molar refractivity (Wildman–Crippen MR) is 62.0 cm³/mol. The third-order valence-corrected chi connectivity index (χ3v) is 2.57. The van der Waals surface area contributed by atoms with Crippen LogP contribution in [0.15, 0.2) is 30.5 Å². The van der Waals surface area contributed by atoms with E-state index in [1.807, 2.05) is 12.1 Å². The molecule has 0 spiro atoms. The van der Waals surface area contributed by atoms with Gasteiger partial charge >= 0.3 is 0 Å². The Kier molecular flexibility index (Phi) is 1.67. The molecule has 0 atom stereocenters. The number of hydrogen-bond acceptors (Lipinski definition) is 3. The van der Waals surface area contributed by atoms with Crippen LogP contribution in [0.25, 0.3) is 22.3 Å². The predicted octanol–water partition coefficient (Wildman–Crippen LogP) is 1.85. The molecule has 0 aliphatic heterocycles. The fourth-order valence-electron chi connectivity index (χ4n) is 1.79. The zero-order chi connectivity index (χ0) is 11.1. The molecule has 16 heavy (non-hydrogen) atoms. The largest absolute Gasteiger partial charge is 0.506 e. The lowest BCUT2D eigenvalue weighted by Gasteiger charge is -1.94. The second-order valence-electron chi connectivity index (χ2n) is 3.62. The number of hydrogen-bond donors (Lipinski definition) is 4. The zero-order valence-electron chi connectivity index (χ0n) is 8.36. The lowest BCUT2D eigenvalue weighted by molar-refractivity contribution is 0.480. The molecular formula is C11H10N4O. The van der Waals surface area contributed by atoms with Crippen molar-refractivity contribution in [3.05, 3.63) is 30.5 Å². The number of nitrogens with two attached hydrogens (primary N) is 1. The van der Waals surface area contributed by atoms with E-state index in [2.05, 4.69) is 15.2 Å². The maximum absolute atomic E-state index is 9.66. The summed E-state index contributed by atoms with van der Waals surface area (Å²) in [6, 6.07) is 7.27. The van der Waals surface area contributed by atoms with E-state index in [0.29, 0.717) is 11.2 Å². The number of nitrogens with zero attached hydrogens (tertiary/aromatic N) is 1. The summed E-state index contributed by atoms with van der Waals surface area (Å²) in [5.41, 5.74) is 8.58. The van der Waals surface area contributed by atoms with Gasteiger partial charge in [0.2, 0.25) is 0 Å². The highest BCUT2D eigenvalue weighted by Crippen LogP contribution is 2.30. The lowest BCUT2D eigenvalue weighted by Crippen LogP contribution is -1.86. The van der Waals surface area contributed by atoms with Crippen molar-refractivity contribution < 1.29 is 5.11 Å². The highest BCUT2D eigenvalue weighted by atomic mass is 16.3. The van der Waals surface area contributed by atoms with E-state index in [9.17, 15) is 5.11 Å². The molecule has 3 aromatic rings. The van der Waals surface area contributed by atoms with Crippen molar-refractivity contribution in [3.8, 4) is 17.1 Å². The van der Waals surface area contributed by atoms with Crippen molar-refractivity contribution in [2.24, 2.45) is 0 Å². The van der Waals surface area contributed by atoms with Gasteiger partial charge in [-0.1, -0.05) is 12.1 Å². The van der Waals surface area contributed by atoms with Gasteiger partial charge in [0.15, 0.2) is 0 Å². The Hall–Kier alpha value is -2.43. The average molecular weight is 214 g/mol. The third kappa shape index (κ3) is 1.15. The molecule has 0 bridgehead atoms. The van der Waals surface area contributed by atoms with E-state index in [1.54, 1.807) is 18.3 Å². The summed E-state index contributed by atoms with van der Waals surface area (Å²) in [7, 11) is 0. The standard InChI is InChI=1S/C11H10N4O/c12-7-5-13-15-11(7)8-4-6-2-1-3-9(16)10(6)14-8/h1-5,14,16H,12H2,(H,13,15). The van der Waals surface area contributed by atoms with E-state index in [0.717, 1.165) is 16.8 Å². The van der Waals surface area contributed by atoms with Gasteiger partial charge in [0.1, 0.15) is 11.4 Å². The van der Waals surface area contributed by atoms with Crippen molar-refractivity contribution in [1.29, 1.82) is 0 Å². The molecule has 0 aliphatic rings. The van der Waals surface area contributed by atoms with Crippen LogP contribution in [-0.2, 0) is 0 Å². The smallest absolute Gasteiger partial charge is 0.139 e. The van der Waals surface area contributed by atoms with E-state index in [4.69, 9.17) is 5.73 Å². The molecule has 2 aromatic heterocycles. The SMILES string of the molecule is Nc1cn[nH]c1-c1cc2cccc(O)c2[nH]1. The minimum absolute atomic E-state index is 0.224. The number of H-pyrrole nitrogens is 2. The summed E-state index contributed by atoms with van der Waals surface area (Å²) >= 11 is 0. The van der Waals surface area contributed by atoms with Crippen molar-refractivity contribution in [3.63, 3.8) is 0 Å². The zero-order valence-corrected chi connectivity index (χ0v) is 8.36. The van der Waals surface area contributed by atoms with Crippen molar-refractivity contribution in [1.82, 2.24) is 15.2 Å². The van der Waals surface area contributed by atoms with Gasteiger partial charge in [0.05, 0.1) is 23.1 Å². The topological polar surface area (TPSA) is 90.7 Å². The maximum Gasteiger partial charge on any atom is 0.139 e. The van der Waals surface area contributed by atoms with E-state index < -0.39 is 0 Å². The van der Waals surface area contributed by atoms with Gasteiger partial charge in [-0.25, -0.2) is 0 Å². The van der Waals surface area contributed by atoms with Crippen LogP contribution in [0.5, 0.6) is 5.75 Å². The minimum atomic E-state index is 0.224. The van der Waals surface area contributed by atoms with Gasteiger partial charge in [-0.2, -0.15) is 5.10 Å². The minimum Gasteiger partial charge on any atom is -0.506 e. The number of phenols is 1.